The minimum absolute atomic E-state index is 0.233. The van der Waals surface area contributed by atoms with Gasteiger partial charge in [0.25, 0.3) is 10.0 Å². The second-order valence-corrected chi connectivity index (χ2v) is 5.90. The van der Waals surface area contributed by atoms with Gasteiger partial charge < -0.3 is 0 Å². The van der Waals surface area contributed by atoms with E-state index in [4.69, 9.17) is 0 Å². The molecule has 0 bridgehead atoms. The zero-order valence-corrected chi connectivity index (χ0v) is 9.69. The molecule has 1 heterocycles. The maximum atomic E-state index is 12.6. The molecule has 0 aliphatic carbocycles. The van der Waals surface area contributed by atoms with E-state index in [9.17, 15) is 12.8 Å². The molecule has 6 heteroatoms. The van der Waals surface area contributed by atoms with Crippen molar-refractivity contribution in [3.63, 3.8) is 0 Å². The third-order valence-corrected chi connectivity index (χ3v) is 4.64. The molecule has 0 spiro atoms. The molecule has 2 rings (SSSR count). The van der Waals surface area contributed by atoms with Crippen molar-refractivity contribution in [1.82, 2.24) is 0 Å². The number of sulfonamides is 1. The summed E-state index contributed by atoms with van der Waals surface area (Å²) in [6.07, 6.45) is 0. The maximum absolute atomic E-state index is 12.6. The number of hydrogen-bond donors (Lipinski definition) is 1. The van der Waals surface area contributed by atoms with Crippen molar-refractivity contribution in [3.8, 4) is 0 Å². The van der Waals surface area contributed by atoms with E-state index in [0.29, 0.717) is 5.69 Å². The molecule has 0 amide bonds. The van der Waals surface area contributed by atoms with E-state index in [1.165, 1.54) is 30.3 Å². The largest absolute Gasteiger partial charge is 0.279 e. The summed E-state index contributed by atoms with van der Waals surface area (Å²) in [7, 11) is -3.54. The van der Waals surface area contributed by atoms with Crippen molar-refractivity contribution in [2.45, 2.75) is 4.21 Å². The Bertz CT molecular complexity index is 561. The van der Waals surface area contributed by atoms with Gasteiger partial charge in [-0.3, -0.25) is 4.72 Å². The number of rotatable bonds is 3. The first kappa shape index (κ1) is 11.1. The molecular weight excluding hydrogens is 249 g/mol. The van der Waals surface area contributed by atoms with Gasteiger partial charge in [-0.25, -0.2) is 12.8 Å². The summed E-state index contributed by atoms with van der Waals surface area (Å²) in [6.45, 7) is 0. The first-order valence-corrected chi connectivity index (χ1v) is 6.76. The van der Waals surface area contributed by atoms with Crippen molar-refractivity contribution in [2.24, 2.45) is 0 Å². The molecule has 0 fully saturated rings. The molecule has 0 saturated carbocycles. The smallest absolute Gasteiger partial charge is 0.271 e. The Hall–Kier alpha value is -1.40. The van der Waals surface area contributed by atoms with Gasteiger partial charge in [-0.15, -0.1) is 11.3 Å². The molecule has 1 aromatic carbocycles. The monoisotopic (exact) mass is 257 g/mol. The Labute approximate surface area is 96.6 Å². The van der Waals surface area contributed by atoms with Crippen LogP contribution in [-0.4, -0.2) is 8.42 Å². The molecule has 1 aromatic heterocycles. The number of nitrogens with one attached hydrogen (secondary N) is 1. The highest BCUT2D eigenvalue weighted by molar-refractivity contribution is 7.94. The third kappa shape index (κ3) is 2.40. The number of anilines is 1. The second-order valence-electron chi connectivity index (χ2n) is 3.04. The summed E-state index contributed by atoms with van der Waals surface area (Å²) in [5.41, 5.74) is 0.342. The number of thiophene rings is 1. The minimum atomic E-state index is -3.54. The van der Waals surface area contributed by atoms with Crippen molar-refractivity contribution in [2.75, 3.05) is 4.72 Å². The molecule has 0 saturated heterocycles. The lowest BCUT2D eigenvalue weighted by Crippen LogP contribution is -2.11. The van der Waals surface area contributed by atoms with E-state index < -0.39 is 15.8 Å². The minimum Gasteiger partial charge on any atom is -0.279 e. The number of hydrogen-bond acceptors (Lipinski definition) is 3. The first-order chi connectivity index (χ1) is 7.58. The average Bonchev–Trinajstić information content (AvgIpc) is 2.75. The standard InChI is InChI=1S/C10H8FNO2S2/c11-8-3-5-9(6-4-8)12-16(13,14)10-2-1-7-15-10/h1-7,12H. The SMILES string of the molecule is O=S(=O)(Nc1ccc(F)cc1)c1cccs1. The zero-order valence-electron chi connectivity index (χ0n) is 8.05. The van der Waals surface area contributed by atoms with Crippen molar-refractivity contribution < 1.29 is 12.8 Å². The number of benzene rings is 1. The summed E-state index contributed by atoms with van der Waals surface area (Å²) < 4.78 is 38.7. The fraction of sp³-hybridized carbons (Fsp3) is 0. The highest BCUT2D eigenvalue weighted by atomic mass is 32.2. The molecule has 3 nitrogen and oxygen atoms in total. The molecule has 0 atom stereocenters. The van der Waals surface area contributed by atoms with Gasteiger partial charge in [0, 0.05) is 5.69 Å². The molecule has 84 valence electrons. The summed E-state index contributed by atoms with van der Waals surface area (Å²) in [5.74, 6) is -0.404. The van der Waals surface area contributed by atoms with Crippen LogP contribution in [-0.2, 0) is 10.0 Å². The average molecular weight is 257 g/mol. The predicted octanol–water partition coefficient (Wildman–Crippen LogP) is 2.69. The van der Waals surface area contributed by atoms with E-state index >= 15 is 0 Å². The van der Waals surface area contributed by atoms with Gasteiger partial charge in [0.1, 0.15) is 10.0 Å². The lowest BCUT2D eigenvalue weighted by atomic mass is 10.3. The Balaban J connectivity index is 2.25. The topological polar surface area (TPSA) is 46.2 Å². The van der Waals surface area contributed by atoms with E-state index in [-0.39, 0.29) is 4.21 Å². The Kier molecular flexibility index (Phi) is 2.93. The third-order valence-electron chi connectivity index (χ3n) is 1.86. The molecule has 2 aromatic rings. The normalized spacial score (nSPS) is 11.3. The van der Waals surface area contributed by atoms with E-state index in [1.807, 2.05) is 0 Å². The van der Waals surface area contributed by atoms with Gasteiger partial charge in [0.2, 0.25) is 0 Å². The molecule has 0 aliphatic heterocycles. The molecule has 0 unspecified atom stereocenters. The Morgan fingerprint density at radius 1 is 1.12 bits per heavy atom. The van der Waals surface area contributed by atoms with Crippen LogP contribution in [0.15, 0.2) is 46.0 Å². The van der Waals surface area contributed by atoms with Crippen LogP contribution in [0.25, 0.3) is 0 Å². The summed E-state index contributed by atoms with van der Waals surface area (Å²) in [5, 5.41) is 1.68. The van der Waals surface area contributed by atoms with E-state index in [0.717, 1.165) is 11.3 Å². The lowest BCUT2D eigenvalue weighted by Gasteiger charge is -2.05. The summed E-state index contributed by atoms with van der Waals surface area (Å²) in [4.78, 5) is 0. The van der Waals surface area contributed by atoms with E-state index in [1.54, 1.807) is 11.4 Å². The van der Waals surface area contributed by atoms with Crippen LogP contribution in [0.2, 0.25) is 0 Å². The van der Waals surface area contributed by atoms with E-state index in [2.05, 4.69) is 4.72 Å². The molecule has 0 aliphatic rings. The van der Waals surface area contributed by atoms with Crippen molar-refractivity contribution in [1.29, 1.82) is 0 Å². The van der Waals surface area contributed by atoms with Crippen LogP contribution in [0.3, 0.4) is 0 Å². The summed E-state index contributed by atoms with van der Waals surface area (Å²) >= 11 is 1.13. The van der Waals surface area contributed by atoms with Gasteiger partial charge in [0.05, 0.1) is 0 Å². The van der Waals surface area contributed by atoms with Crippen molar-refractivity contribution in [3.05, 3.63) is 47.6 Å². The fourth-order valence-corrected chi connectivity index (χ4v) is 3.19. The van der Waals surface area contributed by atoms with Crippen LogP contribution in [0.1, 0.15) is 0 Å². The highest BCUT2D eigenvalue weighted by Gasteiger charge is 2.14. The number of halogens is 1. The van der Waals surface area contributed by atoms with Crippen LogP contribution in [0, 0.1) is 5.82 Å². The van der Waals surface area contributed by atoms with Crippen LogP contribution in [0.5, 0.6) is 0 Å². The molecule has 16 heavy (non-hydrogen) atoms. The summed E-state index contributed by atoms with van der Waals surface area (Å²) in [6, 6.07) is 8.32. The highest BCUT2D eigenvalue weighted by Crippen LogP contribution is 2.20. The van der Waals surface area contributed by atoms with Crippen molar-refractivity contribution >= 4 is 27.0 Å². The Morgan fingerprint density at radius 2 is 1.81 bits per heavy atom. The molecular formula is C10H8FNO2S2. The Morgan fingerprint density at radius 3 is 2.38 bits per heavy atom. The van der Waals surface area contributed by atoms with Crippen LogP contribution < -0.4 is 4.72 Å². The second kappa shape index (κ2) is 4.23. The zero-order chi connectivity index (χ0) is 11.6. The fourth-order valence-electron chi connectivity index (χ4n) is 1.14. The quantitative estimate of drug-likeness (QED) is 0.919. The van der Waals surface area contributed by atoms with Gasteiger partial charge in [-0.05, 0) is 35.7 Å². The molecule has 0 radical (unpaired) electrons. The van der Waals surface area contributed by atoms with Crippen LogP contribution in [0.4, 0.5) is 10.1 Å². The predicted molar refractivity (Wildman–Crippen MR) is 61.5 cm³/mol. The van der Waals surface area contributed by atoms with Gasteiger partial charge >= 0.3 is 0 Å². The van der Waals surface area contributed by atoms with Gasteiger partial charge in [0.15, 0.2) is 0 Å². The lowest BCUT2D eigenvalue weighted by molar-refractivity contribution is 0.603. The van der Waals surface area contributed by atoms with Gasteiger partial charge in [-0.1, -0.05) is 6.07 Å². The van der Waals surface area contributed by atoms with Gasteiger partial charge in [-0.2, -0.15) is 0 Å². The van der Waals surface area contributed by atoms with Crippen LogP contribution >= 0.6 is 11.3 Å². The first-order valence-electron chi connectivity index (χ1n) is 4.40. The maximum Gasteiger partial charge on any atom is 0.271 e. The molecule has 1 N–H and O–H groups in total.